The van der Waals surface area contributed by atoms with Crippen LogP contribution in [0.1, 0.15) is 56.9 Å². The van der Waals surface area contributed by atoms with E-state index in [4.69, 9.17) is 0 Å². The van der Waals surface area contributed by atoms with Gasteiger partial charge < -0.3 is 10.4 Å². The van der Waals surface area contributed by atoms with E-state index in [2.05, 4.69) is 5.32 Å². The van der Waals surface area contributed by atoms with Gasteiger partial charge in [-0.2, -0.15) is 0 Å². The number of rotatable bonds is 6. The zero-order chi connectivity index (χ0) is 16.0. The molecule has 0 aromatic heterocycles. The van der Waals surface area contributed by atoms with Gasteiger partial charge in [0.15, 0.2) is 0 Å². The molecule has 4 heteroatoms. The van der Waals surface area contributed by atoms with Crippen LogP contribution < -0.4 is 5.32 Å². The second-order valence-corrected chi connectivity index (χ2v) is 6.65. The molecule has 0 bridgehead atoms. The molecule has 1 unspecified atom stereocenters. The number of amides is 1. The van der Waals surface area contributed by atoms with E-state index in [1.165, 1.54) is 18.6 Å². The Morgan fingerprint density at radius 1 is 1.27 bits per heavy atom. The zero-order valence-corrected chi connectivity index (χ0v) is 13.3. The number of hydrogen-bond donors (Lipinski definition) is 2. The van der Waals surface area contributed by atoms with Crippen molar-refractivity contribution in [3.8, 4) is 0 Å². The predicted octanol–water partition coefficient (Wildman–Crippen LogP) is 3.38. The van der Waals surface area contributed by atoms with Crippen LogP contribution in [0, 0.1) is 11.2 Å². The van der Waals surface area contributed by atoms with Crippen molar-refractivity contribution in [2.75, 3.05) is 13.2 Å². The molecular formula is C18H26FNO2. The van der Waals surface area contributed by atoms with Gasteiger partial charge in [-0.15, -0.1) is 0 Å². The quantitative estimate of drug-likeness (QED) is 0.846. The lowest BCUT2D eigenvalue weighted by Crippen LogP contribution is -2.41. The Bertz CT molecular complexity index is 480. The summed E-state index contributed by atoms with van der Waals surface area (Å²) in [5, 5.41) is 12.6. The normalized spacial score (nSPS) is 18.7. The van der Waals surface area contributed by atoms with Crippen LogP contribution in [0.3, 0.4) is 0 Å². The van der Waals surface area contributed by atoms with E-state index >= 15 is 0 Å². The van der Waals surface area contributed by atoms with Crippen LogP contribution in [0.15, 0.2) is 24.3 Å². The lowest BCUT2D eigenvalue weighted by atomic mass is 9.74. The van der Waals surface area contributed by atoms with Crippen molar-refractivity contribution in [1.29, 1.82) is 0 Å². The molecule has 0 heterocycles. The van der Waals surface area contributed by atoms with E-state index in [-0.39, 0.29) is 29.7 Å². The van der Waals surface area contributed by atoms with Gasteiger partial charge in [-0.05, 0) is 36.5 Å². The highest BCUT2D eigenvalue weighted by molar-refractivity contribution is 5.76. The van der Waals surface area contributed by atoms with Gasteiger partial charge >= 0.3 is 0 Å². The van der Waals surface area contributed by atoms with Gasteiger partial charge in [-0.1, -0.05) is 38.3 Å². The third-order valence-electron chi connectivity index (χ3n) is 4.84. The van der Waals surface area contributed by atoms with E-state index in [0.717, 1.165) is 31.2 Å². The van der Waals surface area contributed by atoms with Crippen LogP contribution in [0.5, 0.6) is 0 Å². The Hall–Kier alpha value is -1.42. The molecule has 1 amide bonds. The number of benzene rings is 1. The summed E-state index contributed by atoms with van der Waals surface area (Å²) in [4.78, 5) is 12.1. The van der Waals surface area contributed by atoms with E-state index in [0.29, 0.717) is 13.0 Å². The van der Waals surface area contributed by atoms with Crippen molar-refractivity contribution < 1.29 is 14.3 Å². The first-order valence-electron chi connectivity index (χ1n) is 8.18. The Morgan fingerprint density at radius 3 is 2.50 bits per heavy atom. The summed E-state index contributed by atoms with van der Waals surface area (Å²) in [6.45, 7) is 2.66. The van der Waals surface area contributed by atoms with Crippen LogP contribution >= 0.6 is 0 Å². The summed E-state index contributed by atoms with van der Waals surface area (Å²) in [5.74, 6) is -0.213. The number of aliphatic hydroxyl groups excluding tert-OH is 1. The number of carbonyl (C=O) groups is 1. The van der Waals surface area contributed by atoms with Crippen LogP contribution in [0.2, 0.25) is 0 Å². The van der Waals surface area contributed by atoms with Gasteiger partial charge in [-0.3, -0.25) is 4.79 Å². The molecule has 1 atom stereocenters. The zero-order valence-electron chi connectivity index (χ0n) is 13.3. The van der Waals surface area contributed by atoms with Gasteiger partial charge in [0.25, 0.3) is 0 Å². The summed E-state index contributed by atoms with van der Waals surface area (Å²) in [6.07, 6.45) is 5.82. The number of carbonyl (C=O) groups excluding carboxylic acids is 1. The van der Waals surface area contributed by atoms with E-state index in [1.54, 1.807) is 12.1 Å². The van der Waals surface area contributed by atoms with Crippen LogP contribution in [0.4, 0.5) is 4.39 Å². The summed E-state index contributed by atoms with van der Waals surface area (Å²) in [5.41, 5.74) is 0.832. The topological polar surface area (TPSA) is 49.3 Å². The highest BCUT2D eigenvalue weighted by Crippen LogP contribution is 2.35. The van der Waals surface area contributed by atoms with Crippen molar-refractivity contribution in [2.45, 2.75) is 51.4 Å². The Morgan fingerprint density at radius 2 is 1.91 bits per heavy atom. The standard InChI is InChI=1S/C18H26FNO2/c1-14(15-5-7-16(19)8-6-15)11-17(22)20-12-18(13-21)9-3-2-4-10-18/h5-8,14,21H,2-4,9-13H2,1H3,(H,20,22). The van der Waals surface area contributed by atoms with Crippen molar-refractivity contribution in [1.82, 2.24) is 5.32 Å². The number of aliphatic hydroxyl groups is 1. The fourth-order valence-electron chi connectivity index (χ4n) is 3.24. The molecule has 1 aromatic carbocycles. The van der Waals surface area contributed by atoms with Crippen molar-refractivity contribution in [2.24, 2.45) is 5.41 Å². The molecule has 0 saturated heterocycles. The van der Waals surface area contributed by atoms with E-state index < -0.39 is 0 Å². The molecule has 1 aliphatic carbocycles. The maximum absolute atomic E-state index is 12.9. The van der Waals surface area contributed by atoms with Gasteiger partial charge in [0.1, 0.15) is 5.82 Å². The van der Waals surface area contributed by atoms with Crippen molar-refractivity contribution in [3.63, 3.8) is 0 Å². The molecule has 122 valence electrons. The van der Waals surface area contributed by atoms with Gasteiger partial charge in [0.2, 0.25) is 5.91 Å². The summed E-state index contributed by atoms with van der Waals surface area (Å²) in [6, 6.07) is 6.30. The van der Waals surface area contributed by atoms with Gasteiger partial charge in [-0.25, -0.2) is 4.39 Å². The minimum Gasteiger partial charge on any atom is -0.396 e. The Balaban J connectivity index is 1.83. The largest absolute Gasteiger partial charge is 0.396 e. The first kappa shape index (κ1) is 16.9. The molecule has 1 aliphatic rings. The molecule has 2 N–H and O–H groups in total. The molecule has 0 radical (unpaired) electrons. The molecule has 3 nitrogen and oxygen atoms in total. The number of nitrogens with one attached hydrogen (secondary N) is 1. The molecule has 1 aromatic rings. The first-order valence-corrected chi connectivity index (χ1v) is 8.18. The molecule has 0 aliphatic heterocycles. The summed E-state index contributed by atoms with van der Waals surface area (Å²) in [7, 11) is 0. The molecular weight excluding hydrogens is 281 g/mol. The predicted molar refractivity (Wildman–Crippen MR) is 85.0 cm³/mol. The Labute approximate surface area is 131 Å². The third kappa shape index (κ3) is 4.54. The highest BCUT2D eigenvalue weighted by Gasteiger charge is 2.31. The van der Waals surface area contributed by atoms with Crippen LogP contribution in [-0.4, -0.2) is 24.2 Å². The van der Waals surface area contributed by atoms with Gasteiger partial charge in [0.05, 0.1) is 6.61 Å². The third-order valence-corrected chi connectivity index (χ3v) is 4.84. The maximum atomic E-state index is 12.9. The molecule has 0 spiro atoms. The lowest BCUT2D eigenvalue weighted by Gasteiger charge is -2.35. The van der Waals surface area contributed by atoms with Crippen molar-refractivity contribution >= 4 is 5.91 Å². The van der Waals surface area contributed by atoms with Crippen LogP contribution in [-0.2, 0) is 4.79 Å². The summed E-state index contributed by atoms with van der Waals surface area (Å²) < 4.78 is 12.9. The SMILES string of the molecule is CC(CC(=O)NCC1(CO)CCCCC1)c1ccc(F)cc1. The average molecular weight is 307 g/mol. The van der Waals surface area contributed by atoms with Crippen LogP contribution in [0.25, 0.3) is 0 Å². The second kappa shape index (κ2) is 7.73. The minimum absolute atomic E-state index is 0.00442. The highest BCUT2D eigenvalue weighted by atomic mass is 19.1. The number of halogens is 1. The smallest absolute Gasteiger partial charge is 0.220 e. The monoisotopic (exact) mass is 307 g/mol. The molecule has 1 fully saturated rings. The minimum atomic E-state index is -0.261. The fourth-order valence-corrected chi connectivity index (χ4v) is 3.24. The lowest BCUT2D eigenvalue weighted by molar-refractivity contribution is -0.122. The molecule has 1 saturated carbocycles. The molecule has 22 heavy (non-hydrogen) atoms. The van der Waals surface area contributed by atoms with E-state index in [9.17, 15) is 14.3 Å². The van der Waals surface area contributed by atoms with Gasteiger partial charge in [0, 0.05) is 18.4 Å². The maximum Gasteiger partial charge on any atom is 0.220 e. The average Bonchev–Trinajstić information content (AvgIpc) is 2.54. The number of hydrogen-bond acceptors (Lipinski definition) is 2. The van der Waals surface area contributed by atoms with E-state index in [1.807, 2.05) is 6.92 Å². The first-order chi connectivity index (χ1) is 10.5. The fraction of sp³-hybridized carbons (Fsp3) is 0.611. The van der Waals surface area contributed by atoms with Crippen molar-refractivity contribution in [3.05, 3.63) is 35.6 Å². The Kier molecular flexibility index (Phi) is 5.95. The molecule has 2 rings (SSSR count). The second-order valence-electron chi connectivity index (χ2n) is 6.65. The summed E-state index contributed by atoms with van der Waals surface area (Å²) >= 11 is 0.